The second kappa shape index (κ2) is 4.69. The summed E-state index contributed by atoms with van der Waals surface area (Å²) in [6, 6.07) is 0. The highest BCUT2D eigenvalue weighted by Crippen LogP contribution is 2.47. The minimum absolute atomic E-state index is 0.179. The van der Waals surface area contributed by atoms with Crippen molar-refractivity contribution in [1.82, 2.24) is 5.32 Å². The van der Waals surface area contributed by atoms with Crippen LogP contribution in [0.1, 0.15) is 33.1 Å². The molecule has 0 amide bonds. The van der Waals surface area contributed by atoms with Crippen molar-refractivity contribution in [2.45, 2.75) is 45.3 Å². The number of nitrogens with two attached hydrogens (primary N) is 1. The highest BCUT2D eigenvalue weighted by atomic mass is 16.5. The van der Waals surface area contributed by atoms with Gasteiger partial charge in [-0.3, -0.25) is 4.99 Å². The molecule has 2 heterocycles. The van der Waals surface area contributed by atoms with Gasteiger partial charge < -0.3 is 15.8 Å². The topological polar surface area (TPSA) is 59.6 Å². The number of hydrogen-bond acceptors (Lipinski definition) is 2. The lowest BCUT2D eigenvalue weighted by Gasteiger charge is -2.29. The zero-order valence-corrected chi connectivity index (χ0v) is 10.8. The van der Waals surface area contributed by atoms with Gasteiger partial charge in [-0.1, -0.05) is 19.1 Å². The molecular formula is C13H23N3O. The first kappa shape index (κ1) is 12.4. The number of aliphatic imine (C=N–C) groups is 1. The Hall–Kier alpha value is -1.03. The normalized spacial score (nSPS) is 36.2. The van der Waals surface area contributed by atoms with Gasteiger partial charge in [-0.25, -0.2) is 0 Å². The van der Waals surface area contributed by atoms with E-state index < -0.39 is 0 Å². The van der Waals surface area contributed by atoms with Crippen molar-refractivity contribution in [2.24, 2.45) is 16.1 Å². The monoisotopic (exact) mass is 237 g/mol. The Balaban J connectivity index is 1.84. The van der Waals surface area contributed by atoms with E-state index >= 15 is 0 Å². The third-order valence-electron chi connectivity index (χ3n) is 3.76. The summed E-state index contributed by atoms with van der Waals surface area (Å²) >= 11 is 0. The predicted octanol–water partition coefficient (Wildman–Crippen LogP) is 1.42. The van der Waals surface area contributed by atoms with Crippen LogP contribution in [0.25, 0.3) is 0 Å². The van der Waals surface area contributed by atoms with Gasteiger partial charge in [-0.2, -0.15) is 0 Å². The zero-order chi connectivity index (χ0) is 12.5. The van der Waals surface area contributed by atoms with Crippen LogP contribution in [0.4, 0.5) is 0 Å². The molecule has 4 heteroatoms. The maximum Gasteiger partial charge on any atom is 0.188 e. The fraction of sp³-hybridized carbons (Fsp3) is 0.769. The molecule has 2 aliphatic rings. The van der Waals surface area contributed by atoms with E-state index in [-0.39, 0.29) is 5.41 Å². The molecule has 2 bridgehead atoms. The number of ether oxygens (including phenoxy) is 1. The Bertz CT molecular complexity index is 340. The average molecular weight is 237 g/mol. The second-order valence-electron chi connectivity index (χ2n) is 5.69. The van der Waals surface area contributed by atoms with Crippen LogP contribution in [0.15, 0.2) is 17.1 Å². The van der Waals surface area contributed by atoms with Gasteiger partial charge in [0.15, 0.2) is 5.96 Å². The Kier molecular flexibility index (Phi) is 3.43. The number of rotatable bonds is 4. The molecule has 3 unspecified atom stereocenters. The number of guanidine groups is 1. The highest BCUT2D eigenvalue weighted by molar-refractivity contribution is 5.78. The third-order valence-corrected chi connectivity index (χ3v) is 3.76. The number of hydrogen-bond donors (Lipinski definition) is 2. The SMILES string of the molecule is C=C(C)CNC(N)=NCC1(C)CC2CCC1O2. The summed E-state index contributed by atoms with van der Waals surface area (Å²) in [4.78, 5) is 4.43. The second-order valence-corrected chi connectivity index (χ2v) is 5.69. The molecule has 4 nitrogen and oxygen atoms in total. The maximum absolute atomic E-state index is 5.87. The molecule has 2 saturated heterocycles. The molecule has 3 atom stereocenters. The van der Waals surface area contributed by atoms with Gasteiger partial charge in [-0.15, -0.1) is 0 Å². The minimum atomic E-state index is 0.179. The largest absolute Gasteiger partial charge is 0.374 e. The fourth-order valence-electron chi connectivity index (χ4n) is 2.75. The van der Waals surface area contributed by atoms with Gasteiger partial charge >= 0.3 is 0 Å². The van der Waals surface area contributed by atoms with E-state index in [0.717, 1.165) is 18.5 Å². The van der Waals surface area contributed by atoms with Crippen LogP contribution in [0.5, 0.6) is 0 Å². The van der Waals surface area contributed by atoms with Crippen molar-refractivity contribution in [2.75, 3.05) is 13.1 Å². The fourth-order valence-corrected chi connectivity index (χ4v) is 2.75. The van der Waals surface area contributed by atoms with Crippen LogP contribution >= 0.6 is 0 Å². The van der Waals surface area contributed by atoms with Crippen molar-refractivity contribution in [1.29, 1.82) is 0 Å². The van der Waals surface area contributed by atoms with Crippen LogP contribution < -0.4 is 11.1 Å². The molecule has 0 radical (unpaired) electrons. The molecule has 0 aliphatic carbocycles. The van der Waals surface area contributed by atoms with Gasteiger partial charge in [0.05, 0.1) is 18.8 Å². The van der Waals surface area contributed by atoms with Gasteiger partial charge in [0.2, 0.25) is 0 Å². The lowest BCUT2D eigenvalue weighted by Crippen LogP contribution is -2.37. The standard InChI is InChI=1S/C13H23N3O/c1-9(2)7-15-12(14)16-8-13(3)6-10-4-5-11(13)17-10/h10-11H,1,4-8H2,2-3H3,(H3,14,15,16). The molecule has 0 spiro atoms. The third kappa shape index (κ3) is 2.80. The lowest BCUT2D eigenvalue weighted by molar-refractivity contribution is 0.0706. The van der Waals surface area contributed by atoms with Gasteiger partial charge in [-0.05, 0) is 26.2 Å². The zero-order valence-electron chi connectivity index (χ0n) is 10.8. The van der Waals surface area contributed by atoms with E-state index in [0.29, 0.717) is 24.7 Å². The summed E-state index contributed by atoms with van der Waals surface area (Å²) in [6.45, 7) is 9.48. The van der Waals surface area contributed by atoms with Gasteiger partial charge in [0, 0.05) is 12.0 Å². The van der Waals surface area contributed by atoms with Crippen LogP contribution in [-0.2, 0) is 4.74 Å². The van der Waals surface area contributed by atoms with E-state index in [4.69, 9.17) is 10.5 Å². The first-order valence-electron chi connectivity index (χ1n) is 6.33. The summed E-state index contributed by atoms with van der Waals surface area (Å²) in [7, 11) is 0. The summed E-state index contributed by atoms with van der Waals surface area (Å²) in [5, 5.41) is 3.05. The van der Waals surface area contributed by atoms with E-state index in [9.17, 15) is 0 Å². The van der Waals surface area contributed by atoms with E-state index in [1.807, 2.05) is 6.92 Å². The molecule has 0 aromatic heterocycles. The summed E-state index contributed by atoms with van der Waals surface area (Å²) in [6.07, 6.45) is 4.35. The van der Waals surface area contributed by atoms with Gasteiger partial charge in [0.1, 0.15) is 0 Å². The van der Waals surface area contributed by atoms with E-state index in [1.54, 1.807) is 0 Å². The molecule has 0 aromatic rings. The molecule has 17 heavy (non-hydrogen) atoms. The Morgan fingerprint density at radius 1 is 1.59 bits per heavy atom. The van der Waals surface area contributed by atoms with E-state index in [1.165, 1.54) is 12.8 Å². The Labute approximate surface area is 103 Å². The van der Waals surface area contributed by atoms with Gasteiger partial charge in [0.25, 0.3) is 0 Å². The summed E-state index contributed by atoms with van der Waals surface area (Å²) in [5.74, 6) is 0.511. The minimum Gasteiger partial charge on any atom is -0.374 e. The predicted molar refractivity (Wildman–Crippen MR) is 69.9 cm³/mol. The van der Waals surface area contributed by atoms with Crippen LogP contribution in [0.3, 0.4) is 0 Å². The summed E-state index contributed by atoms with van der Waals surface area (Å²) in [5.41, 5.74) is 7.05. The van der Waals surface area contributed by atoms with E-state index in [2.05, 4.69) is 23.8 Å². The van der Waals surface area contributed by atoms with Crippen LogP contribution in [-0.4, -0.2) is 31.3 Å². The molecule has 0 aromatic carbocycles. The van der Waals surface area contributed by atoms with Crippen LogP contribution in [0.2, 0.25) is 0 Å². The van der Waals surface area contributed by atoms with Crippen molar-refractivity contribution in [3.05, 3.63) is 12.2 Å². The maximum atomic E-state index is 5.87. The molecule has 2 aliphatic heterocycles. The molecule has 2 fully saturated rings. The van der Waals surface area contributed by atoms with Crippen molar-refractivity contribution in [3.63, 3.8) is 0 Å². The highest BCUT2D eigenvalue weighted by Gasteiger charge is 2.49. The Morgan fingerprint density at radius 2 is 2.35 bits per heavy atom. The van der Waals surface area contributed by atoms with Crippen molar-refractivity contribution >= 4 is 5.96 Å². The Morgan fingerprint density at radius 3 is 2.88 bits per heavy atom. The van der Waals surface area contributed by atoms with Crippen molar-refractivity contribution < 1.29 is 4.74 Å². The number of nitrogens with one attached hydrogen (secondary N) is 1. The molecular weight excluding hydrogens is 214 g/mol. The average Bonchev–Trinajstić information content (AvgIpc) is 2.83. The summed E-state index contributed by atoms with van der Waals surface area (Å²) < 4.78 is 5.87. The molecule has 96 valence electrons. The molecule has 2 rings (SSSR count). The first-order chi connectivity index (χ1) is 7.99. The first-order valence-corrected chi connectivity index (χ1v) is 6.33. The lowest BCUT2D eigenvalue weighted by atomic mass is 9.76. The number of nitrogens with zero attached hydrogens (tertiary/aromatic N) is 1. The quantitative estimate of drug-likeness (QED) is 0.442. The number of fused-ring (bicyclic) bond motifs is 2. The molecule has 0 saturated carbocycles. The van der Waals surface area contributed by atoms with Crippen molar-refractivity contribution in [3.8, 4) is 0 Å². The smallest absolute Gasteiger partial charge is 0.188 e. The molecule has 3 N–H and O–H groups in total. The van der Waals surface area contributed by atoms with Crippen LogP contribution in [0, 0.1) is 5.41 Å².